The summed E-state index contributed by atoms with van der Waals surface area (Å²) in [6, 6.07) is 11.3. The summed E-state index contributed by atoms with van der Waals surface area (Å²) in [6.45, 7) is 6.26. The minimum absolute atomic E-state index is 0.0807. The van der Waals surface area contributed by atoms with Crippen LogP contribution in [0.4, 0.5) is 10.6 Å². The van der Waals surface area contributed by atoms with E-state index in [1.807, 2.05) is 19.1 Å². The maximum Gasteiger partial charge on any atom is 0.320 e. The van der Waals surface area contributed by atoms with Crippen molar-refractivity contribution in [1.82, 2.24) is 15.5 Å². The second kappa shape index (κ2) is 6.83. The molecule has 21 heavy (non-hydrogen) atoms. The van der Waals surface area contributed by atoms with Gasteiger partial charge in [0, 0.05) is 6.20 Å². The summed E-state index contributed by atoms with van der Waals surface area (Å²) in [6.07, 6.45) is 1.56. The highest BCUT2D eigenvalue weighted by atomic mass is 16.2. The molecule has 2 aromatic rings. The van der Waals surface area contributed by atoms with Gasteiger partial charge in [-0.3, -0.25) is 5.32 Å². The van der Waals surface area contributed by atoms with Crippen LogP contribution in [0.3, 0.4) is 0 Å². The number of carbonyl (C=O) groups is 1. The number of nitrogens with zero attached hydrogens (tertiary/aromatic N) is 2. The average molecular weight is 284 g/mol. The van der Waals surface area contributed by atoms with Crippen molar-refractivity contribution in [2.75, 3.05) is 5.32 Å². The Bertz CT molecular complexity index is 581. The molecule has 0 aliphatic heterocycles. The smallest absolute Gasteiger partial charge is 0.320 e. The van der Waals surface area contributed by atoms with E-state index in [-0.39, 0.29) is 12.1 Å². The summed E-state index contributed by atoms with van der Waals surface area (Å²) < 4.78 is 0. The van der Waals surface area contributed by atoms with Gasteiger partial charge >= 0.3 is 6.03 Å². The molecule has 2 rings (SSSR count). The molecular weight excluding hydrogens is 264 g/mol. The molecule has 0 radical (unpaired) electrons. The van der Waals surface area contributed by atoms with Crippen LogP contribution in [0.1, 0.15) is 43.9 Å². The summed E-state index contributed by atoms with van der Waals surface area (Å²) in [5, 5.41) is 13.0. The van der Waals surface area contributed by atoms with Crippen LogP contribution in [0.2, 0.25) is 0 Å². The Hall–Kier alpha value is -2.43. The van der Waals surface area contributed by atoms with Gasteiger partial charge in [0.25, 0.3) is 0 Å². The molecule has 0 aliphatic rings. The lowest BCUT2D eigenvalue weighted by Gasteiger charge is -2.15. The molecule has 1 heterocycles. The van der Waals surface area contributed by atoms with Gasteiger partial charge in [-0.05, 0) is 36.1 Å². The van der Waals surface area contributed by atoms with Gasteiger partial charge in [0.2, 0.25) is 0 Å². The van der Waals surface area contributed by atoms with Crippen LogP contribution in [0.15, 0.2) is 42.6 Å². The van der Waals surface area contributed by atoms with E-state index in [1.165, 1.54) is 5.56 Å². The quantitative estimate of drug-likeness (QED) is 0.903. The Labute approximate surface area is 124 Å². The van der Waals surface area contributed by atoms with E-state index >= 15 is 0 Å². The number of carbonyl (C=O) groups excluding carboxylic acids is 1. The first kappa shape index (κ1) is 15.0. The standard InChI is InChI=1S/C16H20N4O/c1-11(2)13-6-8-14(9-7-13)12(3)18-16(21)19-15-5-4-10-17-20-15/h4-12H,1-3H3,(H2,18,19,20,21). The molecule has 1 aromatic carbocycles. The number of hydrogen-bond acceptors (Lipinski definition) is 3. The largest absolute Gasteiger partial charge is 0.331 e. The first-order valence-electron chi connectivity index (χ1n) is 7.01. The molecule has 0 spiro atoms. The first-order valence-corrected chi connectivity index (χ1v) is 7.01. The second-order valence-electron chi connectivity index (χ2n) is 5.25. The van der Waals surface area contributed by atoms with Gasteiger partial charge in [0.05, 0.1) is 6.04 Å². The third kappa shape index (κ3) is 4.27. The molecule has 1 unspecified atom stereocenters. The highest BCUT2D eigenvalue weighted by molar-refractivity contribution is 5.88. The second-order valence-corrected chi connectivity index (χ2v) is 5.25. The molecule has 0 fully saturated rings. The number of rotatable bonds is 4. The van der Waals surface area contributed by atoms with Crippen molar-refractivity contribution in [3.05, 3.63) is 53.7 Å². The van der Waals surface area contributed by atoms with E-state index in [4.69, 9.17) is 0 Å². The highest BCUT2D eigenvalue weighted by Crippen LogP contribution is 2.18. The number of anilines is 1. The van der Waals surface area contributed by atoms with Gasteiger partial charge in [-0.25, -0.2) is 4.79 Å². The van der Waals surface area contributed by atoms with Crippen molar-refractivity contribution in [2.24, 2.45) is 0 Å². The lowest BCUT2D eigenvalue weighted by Crippen LogP contribution is -2.31. The normalized spacial score (nSPS) is 12.0. The molecule has 5 nitrogen and oxygen atoms in total. The summed E-state index contributed by atoms with van der Waals surface area (Å²) >= 11 is 0. The minimum atomic E-state index is -0.295. The van der Waals surface area contributed by atoms with E-state index in [1.54, 1.807) is 18.3 Å². The predicted molar refractivity (Wildman–Crippen MR) is 83.1 cm³/mol. The van der Waals surface area contributed by atoms with Crippen LogP contribution >= 0.6 is 0 Å². The SMILES string of the molecule is CC(C)c1ccc(C(C)NC(=O)Nc2cccnn2)cc1. The van der Waals surface area contributed by atoms with E-state index in [9.17, 15) is 4.79 Å². The van der Waals surface area contributed by atoms with Crippen molar-refractivity contribution in [1.29, 1.82) is 0 Å². The summed E-state index contributed by atoms with van der Waals surface area (Å²) in [5.74, 6) is 0.930. The third-order valence-electron chi connectivity index (χ3n) is 3.26. The molecule has 0 saturated carbocycles. The Morgan fingerprint density at radius 3 is 2.29 bits per heavy atom. The van der Waals surface area contributed by atoms with Gasteiger partial charge in [-0.2, -0.15) is 5.10 Å². The van der Waals surface area contributed by atoms with Crippen LogP contribution in [-0.4, -0.2) is 16.2 Å². The monoisotopic (exact) mass is 284 g/mol. The molecule has 1 aromatic heterocycles. The molecule has 2 N–H and O–H groups in total. The fraction of sp³-hybridized carbons (Fsp3) is 0.312. The third-order valence-corrected chi connectivity index (χ3v) is 3.26. The van der Waals surface area contributed by atoms with Crippen molar-refractivity contribution >= 4 is 11.8 Å². The fourth-order valence-corrected chi connectivity index (χ4v) is 1.97. The fourth-order valence-electron chi connectivity index (χ4n) is 1.97. The van der Waals surface area contributed by atoms with Crippen LogP contribution < -0.4 is 10.6 Å². The molecular formula is C16H20N4O. The van der Waals surface area contributed by atoms with Crippen LogP contribution in [-0.2, 0) is 0 Å². The lowest BCUT2D eigenvalue weighted by atomic mass is 10.00. The van der Waals surface area contributed by atoms with Crippen LogP contribution in [0.5, 0.6) is 0 Å². The molecule has 0 bridgehead atoms. The lowest BCUT2D eigenvalue weighted by molar-refractivity contribution is 0.249. The van der Waals surface area contributed by atoms with Gasteiger partial charge < -0.3 is 5.32 Å². The Morgan fingerprint density at radius 2 is 1.71 bits per heavy atom. The Morgan fingerprint density at radius 1 is 1.05 bits per heavy atom. The van der Waals surface area contributed by atoms with E-state index < -0.39 is 0 Å². The predicted octanol–water partition coefficient (Wildman–Crippen LogP) is 3.48. The maximum absolute atomic E-state index is 11.9. The number of aromatic nitrogens is 2. The zero-order chi connectivity index (χ0) is 15.2. The molecule has 110 valence electrons. The number of hydrogen-bond donors (Lipinski definition) is 2. The minimum Gasteiger partial charge on any atom is -0.331 e. The molecule has 5 heteroatoms. The summed E-state index contributed by atoms with van der Waals surface area (Å²) in [7, 11) is 0. The zero-order valence-electron chi connectivity index (χ0n) is 12.5. The average Bonchev–Trinajstić information content (AvgIpc) is 2.48. The molecule has 0 saturated heterocycles. The number of benzene rings is 1. The van der Waals surface area contributed by atoms with Crippen LogP contribution in [0, 0.1) is 0 Å². The highest BCUT2D eigenvalue weighted by Gasteiger charge is 2.10. The van der Waals surface area contributed by atoms with Crippen molar-refractivity contribution < 1.29 is 4.79 Å². The zero-order valence-corrected chi connectivity index (χ0v) is 12.5. The summed E-state index contributed by atoms with van der Waals surface area (Å²) in [5.41, 5.74) is 2.35. The van der Waals surface area contributed by atoms with E-state index in [2.05, 4.69) is 46.8 Å². The number of nitrogens with one attached hydrogen (secondary N) is 2. The van der Waals surface area contributed by atoms with E-state index in [0.717, 1.165) is 5.56 Å². The Balaban J connectivity index is 1.94. The van der Waals surface area contributed by atoms with Gasteiger partial charge in [-0.15, -0.1) is 5.10 Å². The van der Waals surface area contributed by atoms with Gasteiger partial charge in [0.15, 0.2) is 5.82 Å². The summed E-state index contributed by atoms with van der Waals surface area (Å²) in [4.78, 5) is 11.9. The van der Waals surface area contributed by atoms with Crippen molar-refractivity contribution in [2.45, 2.75) is 32.7 Å². The number of urea groups is 1. The van der Waals surface area contributed by atoms with Gasteiger partial charge in [-0.1, -0.05) is 38.1 Å². The number of amides is 2. The molecule has 0 aliphatic carbocycles. The van der Waals surface area contributed by atoms with Crippen LogP contribution in [0.25, 0.3) is 0 Å². The maximum atomic E-state index is 11.9. The van der Waals surface area contributed by atoms with Crippen molar-refractivity contribution in [3.63, 3.8) is 0 Å². The Kier molecular flexibility index (Phi) is 4.87. The molecule has 2 amide bonds. The van der Waals surface area contributed by atoms with Crippen molar-refractivity contribution in [3.8, 4) is 0 Å². The van der Waals surface area contributed by atoms with E-state index in [0.29, 0.717) is 11.7 Å². The first-order chi connectivity index (χ1) is 10.1. The van der Waals surface area contributed by atoms with Gasteiger partial charge in [0.1, 0.15) is 0 Å². The molecule has 1 atom stereocenters. The topological polar surface area (TPSA) is 66.9 Å².